The first-order valence-electron chi connectivity index (χ1n) is 4.45. The van der Waals surface area contributed by atoms with Gasteiger partial charge in [-0.25, -0.2) is 0 Å². The van der Waals surface area contributed by atoms with E-state index in [9.17, 15) is 5.11 Å². The minimum Gasteiger partial charge on any atom is -0.389 e. The van der Waals surface area contributed by atoms with Crippen molar-refractivity contribution in [3.63, 3.8) is 0 Å². The topological polar surface area (TPSA) is 44.3 Å². The van der Waals surface area contributed by atoms with E-state index in [1.54, 1.807) is 0 Å². The quantitative estimate of drug-likeness (QED) is 0.554. The first-order valence-corrected chi connectivity index (χ1v) is 4.45. The summed E-state index contributed by atoms with van der Waals surface area (Å²) < 4.78 is 0. The van der Waals surface area contributed by atoms with E-state index < -0.39 is 0 Å². The molecule has 2 rings (SSSR count). The molecule has 3 N–H and O–H groups in total. The van der Waals surface area contributed by atoms with Crippen LogP contribution in [0, 0.1) is 5.92 Å². The number of hydrogen-bond acceptors (Lipinski definition) is 3. The Morgan fingerprint density at radius 1 is 1.00 bits per heavy atom. The van der Waals surface area contributed by atoms with Gasteiger partial charge < -0.3 is 15.7 Å². The van der Waals surface area contributed by atoms with E-state index in [-0.39, 0.29) is 30.4 Å². The van der Waals surface area contributed by atoms with E-state index in [1.807, 2.05) is 0 Å². The monoisotopic (exact) mass is 228 g/mol. The molecule has 0 aromatic heterocycles. The van der Waals surface area contributed by atoms with Gasteiger partial charge in [-0.15, -0.1) is 24.8 Å². The van der Waals surface area contributed by atoms with Crippen LogP contribution >= 0.6 is 24.8 Å². The molecule has 5 heteroatoms. The highest BCUT2D eigenvalue weighted by atomic mass is 35.5. The predicted molar refractivity (Wildman–Crippen MR) is 57.9 cm³/mol. The summed E-state index contributed by atoms with van der Waals surface area (Å²) >= 11 is 0. The van der Waals surface area contributed by atoms with E-state index in [0.29, 0.717) is 5.92 Å². The fraction of sp³-hybridized carbons (Fsp3) is 1.00. The molecule has 2 saturated heterocycles. The fourth-order valence-corrected chi connectivity index (χ4v) is 2.15. The molecule has 2 aliphatic heterocycles. The van der Waals surface area contributed by atoms with E-state index in [1.165, 1.54) is 0 Å². The molecule has 3 nitrogen and oxygen atoms in total. The zero-order valence-electron chi connectivity index (χ0n) is 7.58. The summed E-state index contributed by atoms with van der Waals surface area (Å²) in [5.41, 5.74) is -0.351. The predicted octanol–water partition coefficient (Wildman–Crippen LogP) is 0.164. The number of fused-ring (bicyclic) bond motifs is 1. The molecular weight excluding hydrogens is 211 g/mol. The van der Waals surface area contributed by atoms with Crippen LogP contribution in [0.15, 0.2) is 0 Å². The summed E-state index contributed by atoms with van der Waals surface area (Å²) in [5.74, 6) is 0.435. The summed E-state index contributed by atoms with van der Waals surface area (Å²) in [6.07, 6.45) is 1.86. The van der Waals surface area contributed by atoms with Crippen LogP contribution in [-0.4, -0.2) is 36.9 Å². The lowest BCUT2D eigenvalue weighted by Crippen LogP contribution is -2.58. The third-order valence-electron chi connectivity index (χ3n) is 3.01. The van der Waals surface area contributed by atoms with Crippen LogP contribution in [0.2, 0.25) is 0 Å². The molecule has 80 valence electrons. The highest BCUT2D eigenvalue weighted by Crippen LogP contribution is 2.29. The lowest BCUT2D eigenvalue weighted by atomic mass is 9.77. The average molecular weight is 229 g/mol. The largest absolute Gasteiger partial charge is 0.389 e. The van der Waals surface area contributed by atoms with E-state index in [4.69, 9.17) is 0 Å². The van der Waals surface area contributed by atoms with Crippen LogP contribution in [0.1, 0.15) is 12.8 Å². The Morgan fingerprint density at radius 2 is 1.46 bits per heavy atom. The molecule has 2 aliphatic rings. The molecule has 0 bridgehead atoms. The molecule has 0 amide bonds. The SMILES string of the molecule is Cl.Cl.OC12CCNCC1CNCC2. The smallest absolute Gasteiger partial charge is 0.0724 e. The van der Waals surface area contributed by atoms with Crippen LogP contribution in [0.4, 0.5) is 0 Å². The van der Waals surface area contributed by atoms with Crippen LogP contribution < -0.4 is 10.6 Å². The third-order valence-corrected chi connectivity index (χ3v) is 3.01. The van der Waals surface area contributed by atoms with Gasteiger partial charge in [0.25, 0.3) is 0 Å². The lowest BCUT2D eigenvalue weighted by molar-refractivity contribution is -0.0597. The normalized spacial score (nSPS) is 38.1. The Hall–Kier alpha value is 0.460. The molecule has 0 aliphatic carbocycles. The van der Waals surface area contributed by atoms with Crippen LogP contribution in [0.25, 0.3) is 0 Å². The van der Waals surface area contributed by atoms with Crippen LogP contribution in [-0.2, 0) is 0 Å². The maximum Gasteiger partial charge on any atom is 0.0724 e. The van der Waals surface area contributed by atoms with Crippen molar-refractivity contribution in [2.75, 3.05) is 26.2 Å². The number of rotatable bonds is 0. The van der Waals surface area contributed by atoms with Crippen molar-refractivity contribution in [2.45, 2.75) is 18.4 Å². The first kappa shape index (κ1) is 13.5. The molecular formula is C8H18Cl2N2O. The van der Waals surface area contributed by atoms with Crippen molar-refractivity contribution < 1.29 is 5.11 Å². The molecule has 0 spiro atoms. The second-order valence-electron chi connectivity index (χ2n) is 3.71. The summed E-state index contributed by atoms with van der Waals surface area (Å²) in [7, 11) is 0. The molecule has 0 atom stereocenters. The number of piperidine rings is 2. The lowest BCUT2D eigenvalue weighted by Gasteiger charge is -2.43. The highest BCUT2D eigenvalue weighted by molar-refractivity contribution is 5.85. The van der Waals surface area contributed by atoms with Gasteiger partial charge in [0.15, 0.2) is 0 Å². The third kappa shape index (κ3) is 2.70. The van der Waals surface area contributed by atoms with Crippen molar-refractivity contribution >= 4 is 24.8 Å². The van der Waals surface area contributed by atoms with Gasteiger partial charge in [-0.05, 0) is 25.9 Å². The van der Waals surface area contributed by atoms with Crippen LogP contribution in [0.5, 0.6) is 0 Å². The van der Waals surface area contributed by atoms with Gasteiger partial charge in [-0.3, -0.25) is 0 Å². The van der Waals surface area contributed by atoms with Crippen molar-refractivity contribution in [3.05, 3.63) is 0 Å². The molecule has 2 fully saturated rings. The maximum atomic E-state index is 10.1. The Kier molecular flexibility index (Phi) is 5.56. The number of aliphatic hydroxyl groups is 1. The minimum atomic E-state index is -0.351. The van der Waals surface area contributed by atoms with E-state index in [0.717, 1.165) is 39.0 Å². The second kappa shape index (κ2) is 5.37. The maximum absolute atomic E-state index is 10.1. The van der Waals surface area contributed by atoms with Gasteiger partial charge in [0.1, 0.15) is 0 Å². The molecule has 2 heterocycles. The van der Waals surface area contributed by atoms with E-state index in [2.05, 4.69) is 10.6 Å². The van der Waals surface area contributed by atoms with Crippen molar-refractivity contribution in [2.24, 2.45) is 5.92 Å². The Morgan fingerprint density at radius 3 is 1.85 bits per heavy atom. The zero-order valence-corrected chi connectivity index (χ0v) is 9.22. The summed E-state index contributed by atoms with van der Waals surface area (Å²) in [4.78, 5) is 0. The summed E-state index contributed by atoms with van der Waals surface area (Å²) in [6, 6.07) is 0. The average Bonchev–Trinajstić information content (AvgIpc) is 2.03. The minimum absolute atomic E-state index is 0. The molecule has 0 saturated carbocycles. The van der Waals surface area contributed by atoms with Gasteiger partial charge in [-0.2, -0.15) is 0 Å². The molecule has 0 aromatic carbocycles. The zero-order chi connectivity index (χ0) is 7.73. The summed E-state index contributed by atoms with van der Waals surface area (Å²) in [5, 5.41) is 16.7. The first-order chi connectivity index (χ1) is 5.31. The standard InChI is InChI=1S/C8H16N2O.2ClH/c11-8-1-3-9-5-7(8)6-10-4-2-8;;/h7,9-11H,1-6H2;2*1H. The van der Waals surface area contributed by atoms with Crippen LogP contribution in [0.3, 0.4) is 0 Å². The molecule has 13 heavy (non-hydrogen) atoms. The summed E-state index contributed by atoms with van der Waals surface area (Å²) in [6.45, 7) is 3.91. The molecule has 0 radical (unpaired) electrons. The van der Waals surface area contributed by atoms with Crippen molar-refractivity contribution in [1.29, 1.82) is 0 Å². The van der Waals surface area contributed by atoms with Gasteiger partial charge in [-0.1, -0.05) is 0 Å². The Balaban J connectivity index is 0.000000720. The number of nitrogens with one attached hydrogen (secondary N) is 2. The van der Waals surface area contributed by atoms with Crippen molar-refractivity contribution in [1.82, 2.24) is 10.6 Å². The number of hydrogen-bond donors (Lipinski definition) is 3. The second-order valence-corrected chi connectivity index (χ2v) is 3.71. The molecule has 0 unspecified atom stereocenters. The van der Waals surface area contributed by atoms with Gasteiger partial charge >= 0.3 is 0 Å². The van der Waals surface area contributed by atoms with Gasteiger partial charge in [0.05, 0.1) is 5.60 Å². The Bertz CT molecular complexity index is 145. The highest BCUT2D eigenvalue weighted by Gasteiger charge is 2.40. The fourth-order valence-electron chi connectivity index (χ4n) is 2.15. The van der Waals surface area contributed by atoms with Gasteiger partial charge in [0.2, 0.25) is 0 Å². The van der Waals surface area contributed by atoms with E-state index >= 15 is 0 Å². The number of halogens is 2. The molecule has 0 aromatic rings. The Labute approximate surface area is 91.5 Å². The van der Waals surface area contributed by atoms with Gasteiger partial charge in [0, 0.05) is 19.0 Å². The van der Waals surface area contributed by atoms with Crippen molar-refractivity contribution in [3.8, 4) is 0 Å².